The smallest absolute Gasteiger partial charge is 0.243 e. The first-order valence-corrected chi connectivity index (χ1v) is 9.98. The van der Waals surface area contributed by atoms with Gasteiger partial charge in [-0.2, -0.15) is 4.31 Å². The summed E-state index contributed by atoms with van der Waals surface area (Å²) in [6.45, 7) is 7.36. The van der Waals surface area contributed by atoms with E-state index in [1.54, 1.807) is 36.4 Å². The molecule has 0 saturated carbocycles. The van der Waals surface area contributed by atoms with Crippen LogP contribution < -0.4 is 5.32 Å². The van der Waals surface area contributed by atoms with Gasteiger partial charge in [0.15, 0.2) is 0 Å². The van der Waals surface area contributed by atoms with Crippen molar-refractivity contribution < 1.29 is 17.6 Å². The molecule has 0 radical (unpaired) electrons. The standard InChI is InChI=1S/C19H26N2O4S/c1-5-19(3,4)20-18(22)14-21(13-16-7-6-12-25-16)26(23,24)17-10-8-15(2)9-11-17/h6-12H,5,13-14H2,1-4H3,(H,20,22). The minimum Gasteiger partial charge on any atom is -0.468 e. The number of nitrogens with one attached hydrogen (secondary N) is 1. The molecular formula is C19H26N2O4S. The number of benzene rings is 1. The summed E-state index contributed by atoms with van der Waals surface area (Å²) >= 11 is 0. The average Bonchev–Trinajstić information content (AvgIpc) is 3.07. The zero-order valence-electron chi connectivity index (χ0n) is 15.7. The van der Waals surface area contributed by atoms with Crippen molar-refractivity contribution in [3.63, 3.8) is 0 Å². The molecule has 0 aliphatic heterocycles. The summed E-state index contributed by atoms with van der Waals surface area (Å²) in [5.41, 5.74) is 0.560. The molecule has 1 aromatic carbocycles. The summed E-state index contributed by atoms with van der Waals surface area (Å²) in [7, 11) is -3.84. The molecule has 2 rings (SSSR count). The van der Waals surface area contributed by atoms with Gasteiger partial charge < -0.3 is 9.73 Å². The highest BCUT2D eigenvalue weighted by atomic mass is 32.2. The number of carbonyl (C=O) groups is 1. The molecule has 0 aliphatic carbocycles. The van der Waals surface area contributed by atoms with Crippen LogP contribution in [0.15, 0.2) is 52.0 Å². The summed E-state index contributed by atoms with van der Waals surface area (Å²) in [6.07, 6.45) is 2.22. The van der Waals surface area contributed by atoms with E-state index in [1.165, 1.54) is 6.26 Å². The summed E-state index contributed by atoms with van der Waals surface area (Å²) in [6, 6.07) is 9.94. The van der Waals surface area contributed by atoms with Crippen LogP contribution in [0.3, 0.4) is 0 Å². The summed E-state index contributed by atoms with van der Waals surface area (Å²) in [4.78, 5) is 12.6. The van der Waals surface area contributed by atoms with Crippen molar-refractivity contribution in [1.29, 1.82) is 0 Å². The summed E-state index contributed by atoms with van der Waals surface area (Å²) in [5.74, 6) is 0.127. The Bertz CT molecular complexity index is 825. The molecule has 0 unspecified atom stereocenters. The first kappa shape index (κ1) is 20.2. The van der Waals surface area contributed by atoms with Gasteiger partial charge in [0.2, 0.25) is 15.9 Å². The Hall–Kier alpha value is -2.12. The minimum absolute atomic E-state index is 0.0107. The van der Waals surface area contributed by atoms with Crippen LogP contribution in [-0.2, 0) is 21.4 Å². The molecule has 142 valence electrons. The number of carbonyl (C=O) groups excluding carboxylic acids is 1. The van der Waals surface area contributed by atoms with Crippen molar-refractivity contribution >= 4 is 15.9 Å². The maximum absolute atomic E-state index is 13.0. The van der Waals surface area contributed by atoms with E-state index in [2.05, 4.69) is 5.32 Å². The van der Waals surface area contributed by atoms with Gasteiger partial charge in [-0.1, -0.05) is 24.6 Å². The zero-order chi connectivity index (χ0) is 19.4. The van der Waals surface area contributed by atoms with Crippen LogP contribution in [0.25, 0.3) is 0 Å². The average molecular weight is 378 g/mol. The van der Waals surface area contributed by atoms with E-state index in [4.69, 9.17) is 4.42 Å². The fraction of sp³-hybridized carbons (Fsp3) is 0.421. The predicted octanol–water partition coefficient (Wildman–Crippen LogP) is 3.08. The molecule has 1 N–H and O–H groups in total. The third kappa shape index (κ3) is 5.19. The lowest BCUT2D eigenvalue weighted by molar-refractivity contribution is -0.123. The molecule has 1 amide bonds. The first-order chi connectivity index (χ1) is 12.1. The molecule has 7 heteroatoms. The molecule has 2 aromatic rings. The molecule has 0 aliphatic rings. The molecule has 0 fully saturated rings. The van der Waals surface area contributed by atoms with Gasteiger partial charge in [0.25, 0.3) is 0 Å². The van der Waals surface area contributed by atoms with Crippen LogP contribution in [0.5, 0.6) is 0 Å². The van der Waals surface area contributed by atoms with Crippen LogP contribution in [0.4, 0.5) is 0 Å². The van der Waals surface area contributed by atoms with Crippen LogP contribution in [-0.4, -0.2) is 30.7 Å². The van der Waals surface area contributed by atoms with Crippen molar-refractivity contribution in [2.75, 3.05) is 6.54 Å². The fourth-order valence-corrected chi connectivity index (χ4v) is 3.69. The van der Waals surface area contributed by atoms with Crippen LogP contribution in [0.2, 0.25) is 0 Å². The maximum atomic E-state index is 13.0. The predicted molar refractivity (Wildman–Crippen MR) is 100.0 cm³/mol. The minimum atomic E-state index is -3.84. The largest absolute Gasteiger partial charge is 0.468 e. The van der Waals surface area contributed by atoms with Crippen molar-refractivity contribution in [3.05, 3.63) is 54.0 Å². The molecule has 0 spiro atoms. The second kappa shape index (κ2) is 8.05. The second-order valence-electron chi connectivity index (χ2n) is 6.95. The van der Waals surface area contributed by atoms with Gasteiger partial charge in [-0.3, -0.25) is 4.79 Å². The highest BCUT2D eigenvalue weighted by Gasteiger charge is 2.29. The highest BCUT2D eigenvalue weighted by molar-refractivity contribution is 7.89. The Kier molecular flexibility index (Phi) is 6.26. The van der Waals surface area contributed by atoms with Crippen molar-refractivity contribution in [1.82, 2.24) is 9.62 Å². The lowest BCUT2D eigenvalue weighted by Gasteiger charge is -2.27. The van der Waals surface area contributed by atoms with Gasteiger partial charge in [0.1, 0.15) is 5.76 Å². The topological polar surface area (TPSA) is 79.6 Å². The van der Waals surface area contributed by atoms with E-state index >= 15 is 0 Å². The lowest BCUT2D eigenvalue weighted by atomic mass is 10.0. The normalized spacial score (nSPS) is 12.3. The van der Waals surface area contributed by atoms with E-state index in [1.807, 2.05) is 27.7 Å². The first-order valence-electron chi connectivity index (χ1n) is 8.54. The van der Waals surface area contributed by atoms with E-state index in [-0.39, 0.29) is 23.9 Å². The van der Waals surface area contributed by atoms with Crippen LogP contribution >= 0.6 is 0 Å². The van der Waals surface area contributed by atoms with E-state index in [0.717, 1.165) is 16.3 Å². The molecule has 6 nitrogen and oxygen atoms in total. The third-order valence-corrected chi connectivity index (χ3v) is 6.06. The van der Waals surface area contributed by atoms with Gasteiger partial charge >= 0.3 is 0 Å². The summed E-state index contributed by atoms with van der Waals surface area (Å²) in [5, 5.41) is 2.87. The SMILES string of the molecule is CCC(C)(C)NC(=O)CN(Cc1ccco1)S(=O)(=O)c1ccc(C)cc1. The lowest BCUT2D eigenvalue weighted by Crippen LogP contribution is -2.48. The Labute approximate surface area is 155 Å². The molecule has 0 saturated heterocycles. The number of aryl methyl sites for hydroxylation is 1. The highest BCUT2D eigenvalue weighted by Crippen LogP contribution is 2.19. The van der Waals surface area contributed by atoms with Crippen LogP contribution in [0.1, 0.15) is 38.5 Å². The third-order valence-electron chi connectivity index (χ3n) is 4.25. The Balaban J connectivity index is 2.28. The van der Waals surface area contributed by atoms with E-state index < -0.39 is 15.6 Å². The van der Waals surface area contributed by atoms with Gasteiger partial charge in [0, 0.05) is 5.54 Å². The number of nitrogens with zero attached hydrogens (tertiary/aromatic N) is 1. The number of furan rings is 1. The number of amides is 1. The Morgan fingerprint density at radius 1 is 1.19 bits per heavy atom. The molecule has 0 atom stereocenters. The fourth-order valence-electron chi connectivity index (χ4n) is 2.33. The molecule has 1 aromatic heterocycles. The Morgan fingerprint density at radius 3 is 2.38 bits per heavy atom. The Morgan fingerprint density at radius 2 is 1.85 bits per heavy atom. The van der Waals surface area contributed by atoms with E-state index in [0.29, 0.717) is 5.76 Å². The molecule has 26 heavy (non-hydrogen) atoms. The molecule has 1 heterocycles. The van der Waals surface area contributed by atoms with Crippen molar-refractivity contribution in [3.8, 4) is 0 Å². The summed E-state index contributed by atoms with van der Waals surface area (Å²) < 4.78 is 32.5. The van der Waals surface area contributed by atoms with Gasteiger partial charge in [-0.15, -0.1) is 0 Å². The number of rotatable bonds is 8. The van der Waals surface area contributed by atoms with E-state index in [9.17, 15) is 13.2 Å². The second-order valence-corrected chi connectivity index (χ2v) is 8.89. The molecular weight excluding hydrogens is 352 g/mol. The van der Waals surface area contributed by atoms with Crippen molar-refractivity contribution in [2.24, 2.45) is 0 Å². The van der Waals surface area contributed by atoms with Crippen LogP contribution in [0, 0.1) is 6.92 Å². The van der Waals surface area contributed by atoms with Gasteiger partial charge in [0.05, 0.1) is 24.2 Å². The number of hydrogen-bond donors (Lipinski definition) is 1. The van der Waals surface area contributed by atoms with Crippen molar-refractivity contribution in [2.45, 2.75) is 51.1 Å². The number of sulfonamides is 1. The number of hydrogen-bond acceptors (Lipinski definition) is 4. The molecule has 0 bridgehead atoms. The monoisotopic (exact) mass is 378 g/mol. The van der Waals surface area contributed by atoms with Gasteiger partial charge in [-0.05, 0) is 51.5 Å². The maximum Gasteiger partial charge on any atom is 0.243 e. The van der Waals surface area contributed by atoms with Gasteiger partial charge in [-0.25, -0.2) is 8.42 Å². The zero-order valence-corrected chi connectivity index (χ0v) is 16.5. The quantitative estimate of drug-likeness (QED) is 0.765.